The predicted octanol–water partition coefficient (Wildman–Crippen LogP) is 1.71. The van der Waals surface area contributed by atoms with E-state index in [0.717, 1.165) is 25.2 Å². The van der Waals surface area contributed by atoms with Crippen LogP contribution in [0, 0.1) is 6.92 Å². The largest absolute Gasteiger partial charge is 0.311 e. The van der Waals surface area contributed by atoms with Gasteiger partial charge in [-0.2, -0.15) is 0 Å². The molecule has 0 spiro atoms. The van der Waals surface area contributed by atoms with E-state index in [1.807, 2.05) is 0 Å². The minimum absolute atomic E-state index is 0. The van der Waals surface area contributed by atoms with Crippen LogP contribution < -0.4 is 5.32 Å². The van der Waals surface area contributed by atoms with Gasteiger partial charge in [-0.25, -0.2) is 4.98 Å². The maximum atomic E-state index is 4.68. The van der Waals surface area contributed by atoms with Crippen LogP contribution in [0.3, 0.4) is 0 Å². The van der Waals surface area contributed by atoms with Gasteiger partial charge in [-0.3, -0.25) is 0 Å². The molecule has 0 saturated heterocycles. The van der Waals surface area contributed by atoms with Gasteiger partial charge in [0.05, 0.1) is 11.4 Å². The maximum absolute atomic E-state index is 4.68. The number of aromatic nitrogens is 2. The second-order valence-corrected chi connectivity index (χ2v) is 3.82. The molecule has 0 aromatic carbocycles. The van der Waals surface area contributed by atoms with Crippen molar-refractivity contribution in [3.8, 4) is 0 Å². The lowest BCUT2D eigenvalue weighted by Crippen LogP contribution is -2.24. The quantitative estimate of drug-likeness (QED) is 0.737. The van der Waals surface area contributed by atoms with E-state index in [0.29, 0.717) is 0 Å². The van der Waals surface area contributed by atoms with Gasteiger partial charge in [-0.1, -0.05) is 6.07 Å². The van der Waals surface area contributed by atoms with Gasteiger partial charge in [0.25, 0.3) is 0 Å². The van der Waals surface area contributed by atoms with E-state index < -0.39 is 0 Å². The SMILES string of the molecule is Cc1cccn2c3c(nc12)CCNC3.Cl. The standard InChI is InChI=1S/C11H13N3.ClH/c1-8-3-2-6-14-10-7-12-5-4-9(10)13-11(8)14;/h2-3,6,12H,4-5,7H2,1H3;1H. The molecule has 0 aliphatic carbocycles. The number of nitrogens with one attached hydrogen (secondary N) is 1. The summed E-state index contributed by atoms with van der Waals surface area (Å²) < 4.78 is 2.21. The Morgan fingerprint density at radius 2 is 2.33 bits per heavy atom. The van der Waals surface area contributed by atoms with E-state index >= 15 is 0 Å². The summed E-state index contributed by atoms with van der Waals surface area (Å²) >= 11 is 0. The summed E-state index contributed by atoms with van der Waals surface area (Å²) in [6.45, 7) is 4.11. The van der Waals surface area contributed by atoms with Crippen molar-refractivity contribution in [2.75, 3.05) is 6.54 Å². The number of fused-ring (bicyclic) bond motifs is 3. The lowest BCUT2D eigenvalue weighted by molar-refractivity contribution is 0.621. The number of nitrogens with zero attached hydrogens (tertiary/aromatic N) is 2. The highest BCUT2D eigenvalue weighted by Crippen LogP contribution is 2.18. The molecule has 3 nitrogen and oxygen atoms in total. The average molecular weight is 224 g/mol. The highest BCUT2D eigenvalue weighted by Gasteiger charge is 2.15. The minimum Gasteiger partial charge on any atom is -0.311 e. The second-order valence-electron chi connectivity index (χ2n) is 3.82. The molecule has 0 saturated carbocycles. The lowest BCUT2D eigenvalue weighted by Gasteiger charge is -2.11. The Labute approximate surface area is 94.9 Å². The number of pyridine rings is 1. The average Bonchev–Trinajstić information content (AvgIpc) is 2.59. The van der Waals surface area contributed by atoms with Crippen molar-refractivity contribution in [2.45, 2.75) is 19.9 Å². The van der Waals surface area contributed by atoms with Crippen LogP contribution >= 0.6 is 12.4 Å². The number of rotatable bonds is 0. The van der Waals surface area contributed by atoms with Crippen LogP contribution in [-0.2, 0) is 13.0 Å². The topological polar surface area (TPSA) is 29.3 Å². The summed E-state index contributed by atoms with van der Waals surface area (Å²) in [4.78, 5) is 4.68. The first kappa shape index (κ1) is 10.5. The Kier molecular flexibility index (Phi) is 2.67. The van der Waals surface area contributed by atoms with Gasteiger partial charge < -0.3 is 9.72 Å². The zero-order valence-electron chi connectivity index (χ0n) is 8.66. The zero-order chi connectivity index (χ0) is 9.54. The first-order chi connectivity index (χ1) is 6.86. The van der Waals surface area contributed by atoms with E-state index in [9.17, 15) is 0 Å². The Balaban J connectivity index is 0.000000853. The molecule has 4 heteroatoms. The summed E-state index contributed by atoms with van der Waals surface area (Å²) in [7, 11) is 0. The summed E-state index contributed by atoms with van der Waals surface area (Å²) in [6.07, 6.45) is 3.15. The molecule has 0 amide bonds. The fraction of sp³-hybridized carbons (Fsp3) is 0.364. The molecule has 1 aliphatic rings. The molecule has 0 bridgehead atoms. The van der Waals surface area contributed by atoms with Gasteiger partial charge in [-0.05, 0) is 18.6 Å². The van der Waals surface area contributed by atoms with Crippen LogP contribution in [0.25, 0.3) is 5.65 Å². The Bertz CT molecular complexity index is 490. The first-order valence-corrected chi connectivity index (χ1v) is 5.02. The molecule has 3 heterocycles. The van der Waals surface area contributed by atoms with Gasteiger partial charge in [0.1, 0.15) is 5.65 Å². The van der Waals surface area contributed by atoms with Crippen LogP contribution in [0.1, 0.15) is 17.0 Å². The first-order valence-electron chi connectivity index (χ1n) is 5.02. The molecule has 0 unspecified atom stereocenters. The molecule has 2 aromatic rings. The van der Waals surface area contributed by atoms with Crippen molar-refractivity contribution in [1.29, 1.82) is 0 Å². The minimum atomic E-state index is 0. The van der Waals surface area contributed by atoms with E-state index in [1.54, 1.807) is 0 Å². The molecule has 80 valence electrons. The third-order valence-electron chi connectivity index (χ3n) is 2.86. The Morgan fingerprint density at radius 1 is 1.47 bits per heavy atom. The van der Waals surface area contributed by atoms with Crippen molar-refractivity contribution in [2.24, 2.45) is 0 Å². The van der Waals surface area contributed by atoms with Gasteiger partial charge in [0.2, 0.25) is 0 Å². The number of imidazole rings is 1. The predicted molar refractivity (Wildman–Crippen MR) is 62.6 cm³/mol. The Hall–Kier alpha value is -1.06. The van der Waals surface area contributed by atoms with E-state index in [1.165, 1.54) is 17.0 Å². The highest BCUT2D eigenvalue weighted by molar-refractivity contribution is 5.85. The molecule has 0 atom stereocenters. The maximum Gasteiger partial charge on any atom is 0.140 e. The monoisotopic (exact) mass is 223 g/mol. The van der Waals surface area contributed by atoms with Crippen LogP contribution in [0.5, 0.6) is 0 Å². The van der Waals surface area contributed by atoms with Gasteiger partial charge in [0, 0.05) is 25.7 Å². The van der Waals surface area contributed by atoms with Crippen molar-refractivity contribution >= 4 is 18.1 Å². The molecule has 0 radical (unpaired) electrons. The normalized spacial score (nSPS) is 14.7. The van der Waals surface area contributed by atoms with E-state index in [-0.39, 0.29) is 12.4 Å². The fourth-order valence-electron chi connectivity index (χ4n) is 2.10. The molecular weight excluding hydrogens is 210 g/mol. The van der Waals surface area contributed by atoms with Crippen LogP contribution in [0.15, 0.2) is 18.3 Å². The van der Waals surface area contributed by atoms with Gasteiger partial charge in [-0.15, -0.1) is 12.4 Å². The van der Waals surface area contributed by atoms with Crippen LogP contribution in [-0.4, -0.2) is 15.9 Å². The summed E-state index contributed by atoms with van der Waals surface area (Å²) in [6, 6.07) is 4.19. The van der Waals surface area contributed by atoms with Crippen molar-refractivity contribution in [1.82, 2.24) is 14.7 Å². The van der Waals surface area contributed by atoms with Crippen molar-refractivity contribution in [3.63, 3.8) is 0 Å². The number of hydrogen-bond acceptors (Lipinski definition) is 2. The number of aryl methyl sites for hydroxylation is 1. The van der Waals surface area contributed by atoms with Gasteiger partial charge in [0.15, 0.2) is 0 Å². The second kappa shape index (κ2) is 3.83. The van der Waals surface area contributed by atoms with Crippen LogP contribution in [0.4, 0.5) is 0 Å². The number of halogens is 1. The van der Waals surface area contributed by atoms with E-state index in [2.05, 4.69) is 40.0 Å². The fourth-order valence-corrected chi connectivity index (χ4v) is 2.10. The molecule has 1 N–H and O–H groups in total. The third kappa shape index (κ3) is 1.52. The molecule has 2 aromatic heterocycles. The summed E-state index contributed by atoms with van der Waals surface area (Å²) in [5.74, 6) is 0. The van der Waals surface area contributed by atoms with Crippen molar-refractivity contribution in [3.05, 3.63) is 35.3 Å². The molecule has 1 aliphatic heterocycles. The van der Waals surface area contributed by atoms with E-state index in [4.69, 9.17) is 0 Å². The molecular formula is C11H14ClN3. The third-order valence-corrected chi connectivity index (χ3v) is 2.86. The Morgan fingerprint density at radius 3 is 3.20 bits per heavy atom. The highest BCUT2D eigenvalue weighted by atomic mass is 35.5. The lowest BCUT2D eigenvalue weighted by atomic mass is 10.2. The molecule has 3 rings (SSSR count). The summed E-state index contributed by atoms with van der Waals surface area (Å²) in [5.41, 5.74) is 4.95. The summed E-state index contributed by atoms with van der Waals surface area (Å²) in [5, 5.41) is 3.38. The molecule has 0 fully saturated rings. The smallest absolute Gasteiger partial charge is 0.140 e. The van der Waals surface area contributed by atoms with Crippen LogP contribution in [0.2, 0.25) is 0 Å². The molecule has 15 heavy (non-hydrogen) atoms. The van der Waals surface area contributed by atoms with Gasteiger partial charge >= 0.3 is 0 Å². The number of hydrogen-bond donors (Lipinski definition) is 1. The van der Waals surface area contributed by atoms with Crippen molar-refractivity contribution < 1.29 is 0 Å². The zero-order valence-corrected chi connectivity index (χ0v) is 9.47.